The Balaban J connectivity index is 2.32. The van der Waals surface area contributed by atoms with Gasteiger partial charge in [0.2, 0.25) is 0 Å². The molecule has 0 saturated heterocycles. The van der Waals surface area contributed by atoms with Gasteiger partial charge in [-0.2, -0.15) is 0 Å². The van der Waals surface area contributed by atoms with Crippen molar-refractivity contribution >= 4 is 23.2 Å². The summed E-state index contributed by atoms with van der Waals surface area (Å²) in [6.07, 6.45) is 2.20. The second kappa shape index (κ2) is 7.23. The number of amides is 1. The van der Waals surface area contributed by atoms with E-state index in [9.17, 15) is 9.59 Å². The third-order valence-corrected chi connectivity index (χ3v) is 3.95. The number of carbonyl (C=O) groups is 2. The first kappa shape index (κ1) is 15.6. The van der Waals surface area contributed by atoms with Crippen molar-refractivity contribution in [2.45, 2.75) is 46.1 Å². The maximum absolute atomic E-state index is 11.9. The number of hydrogen-bond acceptors (Lipinski definition) is 4. The van der Waals surface area contributed by atoms with Crippen LogP contribution >= 0.6 is 11.3 Å². The molecule has 0 aliphatic carbocycles. The molecule has 0 saturated carbocycles. The van der Waals surface area contributed by atoms with Crippen molar-refractivity contribution in [1.82, 2.24) is 10.3 Å². The fourth-order valence-corrected chi connectivity index (χ4v) is 2.44. The Morgan fingerprint density at radius 1 is 1.42 bits per heavy atom. The number of aliphatic carboxylic acids is 1. The summed E-state index contributed by atoms with van der Waals surface area (Å²) in [5, 5.41) is 11.7. The van der Waals surface area contributed by atoms with Gasteiger partial charge in [-0.15, -0.1) is 11.3 Å². The summed E-state index contributed by atoms with van der Waals surface area (Å²) in [6.45, 7) is 5.44. The van der Waals surface area contributed by atoms with E-state index < -0.39 is 5.97 Å². The number of carboxylic acid groups (broad SMARTS) is 1. The van der Waals surface area contributed by atoms with Crippen molar-refractivity contribution in [2.24, 2.45) is 5.92 Å². The van der Waals surface area contributed by atoms with Crippen LogP contribution in [0.3, 0.4) is 0 Å². The summed E-state index contributed by atoms with van der Waals surface area (Å²) in [5.41, 5.74) is 2.40. The van der Waals surface area contributed by atoms with Crippen LogP contribution in [0.2, 0.25) is 0 Å². The molecule has 106 valence electrons. The van der Waals surface area contributed by atoms with E-state index in [0.717, 1.165) is 18.5 Å². The predicted octanol–water partition coefficient (Wildman–Crippen LogP) is 2.46. The van der Waals surface area contributed by atoms with Crippen molar-refractivity contribution in [3.63, 3.8) is 0 Å². The molecule has 0 spiro atoms. The Bertz CT molecular complexity index is 445. The number of thiazole rings is 1. The molecule has 2 N–H and O–H groups in total. The van der Waals surface area contributed by atoms with Crippen LogP contribution < -0.4 is 5.32 Å². The number of carbonyl (C=O) groups excluding carboxylic acids is 1. The highest BCUT2D eigenvalue weighted by Gasteiger charge is 2.15. The van der Waals surface area contributed by atoms with Crippen molar-refractivity contribution in [3.05, 3.63) is 16.1 Å². The smallest absolute Gasteiger partial charge is 0.306 e. The lowest BCUT2D eigenvalue weighted by atomic mass is 10.0. The van der Waals surface area contributed by atoms with Crippen LogP contribution in [0.4, 0.5) is 0 Å². The van der Waals surface area contributed by atoms with E-state index in [-0.39, 0.29) is 17.9 Å². The summed E-state index contributed by atoms with van der Waals surface area (Å²) in [7, 11) is 0. The zero-order valence-corrected chi connectivity index (χ0v) is 12.3. The largest absolute Gasteiger partial charge is 0.481 e. The second-order valence-corrected chi connectivity index (χ2v) is 5.67. The summed E-state index contributed by atoms with van der Waals surface area (Å²) in [6, 6.07) is 0.0370. The Morgan fingerprint density at radius 2 is 2.11 bits per heavy atom. The summed E-state index contributed by atoms with van der Waals surface area (Å²) in [5.74, 6) is -1.19. The van der Waals surface area contributed by atoms with E-state index in [2.05, 4.69) is 10.3 Å². The Kier molecular flexibility index (Phi) is 5.95. The zero-order chi connectivity index (χ0) is 14.4. The Hall–Kier alpha value is -1.43. The van der Waals surface area contributed by atoms with Crippen LogP contribution in [0.25, 0.3) is 0 Å². The molecule has 2 atom stereocenters. The minimum atomic E-state index is -0.767. The molecule has 1 rings (SSSR count). The van der Waals surface area contributed by atoms with Gasteiger partial charge in [-0.25, -0.2) is 4.98 Å². The first-order valence-corrected chi connectivity index (χ1v) is 7.23. The van der Waals surface area contributed by atoms with Crippen molar-refractivity contribution in [1.29, 1.82) is 0 Å². The monoisotopic (exact) mass is 284 g/mol. The van der Waals surface area contributed by atoms with Gasteiger partial charge in [0.25, 0.3) is 5.91 Å². The average molecular weight is 284 g/mol. The lowest BCUT2D eigenvalue weighted by Crippen LogP contribution is -2.32. The number of nitrogens with zero attached hydrogens (tertiary/aromatic N) is 1. The van der Waals surface area contributed by atoms with Gasteiger partial charge in [-0.1, -0.05) is 13.3 Å². The van der Waals surface area contributed by atoms with E-state index in [1.807, 2.05) is 13.8 Å². The van der Waals surface area contributed by atoms with Crippen LogP contribution in [-0.4, -0.2) is 28.0 Å². The van der Waals surface area contributed by atoms with Crippen LogP contribution in [0, 0.1) is 12.8 Å². The van der Waals surface area contributed by atoms with Gasteiger partial charge in [-0.3, -0.25) is 9.59 Å². The molecular formula is C13H20N2O3S. The van der Waals surface area contributed by atoms with E-state index in [1.165, 1.54) is 11.3 Å². The predicted molar refractivity (Wildman–Crippen MR) is 74.4 cm³/mol. The Morgan fingerprint density at radius 3 is 2.63 bits per heavy atom. The molecule has 0 aliphatic rings. The summed E-state index contributed by atoms with van der Waals surface area (Å²) < 4.78 is 0. The molecule has 1 aromatic rings. The van der Waals surface area contributed by atoms with Gasteiger partial charge in [0.1, 0.15) is 4.88 Å². The van der Waals surface area contributed by atoms with Crippen LogP contribution in [0.1, 0.15) is 48.5 Å². The molecule has 0 fully saturated rings. The van der Waals surface area contributed by atoms with Crippen molar-refractivity contribution in [2.75, 3.05) is 0 Å². The van der Waals surface area contributed by atoms with E-state index >= 15 is 0 Å². The lowest BCUT2D eigenvalue weighted by molar-refractivity contribution is -0.141. The molecule has 0 bridgehead atoms. The highest BCUT2D eigenvalue weighted by Crippen LogP contribution is 2.13. The third-order valence-electron chi connectivity index (χ3n) is 3.03. The minimum Gasteiger partial charge on any atom is -0.481 e. The topological polar surface area (TPSA) is 79.3 Å². The molecule has 5 nitrogen and oxygen atoms in total. The van der Waals surface area contributed by atoms with Gasteiger partial charge in [-0.05, 0) is 26.7 Å². The number of aromatic nitrogens is 1. The normalized spacial score (nSPS) is 13.8. The molecule has 2 unspecified atom stereocenters. The van der Waals surface area contributed by atoms with Gasteiger partial charge >= 0.3 is 5.97 Å². The summed E-state index contributed by atoms with van der Waals surface area (Å²) >= 11 is 1.33. The molecular weight excluding hydrogens is 264 g/mol. The van der Waals surface area contributed by atoms with Gasteiger partial charge in [0.05, 0.1) is 17.1 Å². The molecule has 0 aromatic carbocycles. The number of aryl methyl sites for hydroxylation is 1. The van der Waals surface area contributed by atoms with Crippen molar-refractivity contribution < 1.29 is 14.7 Å². The lowest BCUT2D eigenvalue weighted by Gasteiger charge is -2.14. The summed E-state index contributed by atoms with van der Waals surface area (Å²) in [4.78, 5) is 27.3. The highest BCUT2D eigenvalue weighted by atomic mass is 32.1. The quantitative estimate of drug-likeness (QED) is 0.806. The fourth-order valence-electron chi connectivity index (χ4n) is 1.74. The highest BCUT2D eigenvalue weighted by molar-refractivity contribution is 7.11. The van der Waals surface area contributed by atoms with Crippen LogP contribution in [-0.2, 0) is 4.79 Å². The van der Waals surface area contributed by atoms with Gasteiger partial charge < -0.3 is 10.4 Å². The number of nitrogens with one attached hydrogen (secondary N) is 1. The minimum absolute atomic E-state index is 0.0370. The standard InChI is InChI=1S/C13H20N2O3S/c1-8(13(17)18)5-4-6-9(2)15-12(16)11-10(3)14-7-19-11/h7-9H,4-6H2,1-3H3,(H,15,16)(H,17,18). The molecule has 6 heteroatoms. The van der Waals surface area contributed by atoms with Crippen molar-refractivity contribution in [3.8, 4) is 0 Å². The maximum atomic E-state index is 11.9. The van der Waals surface area contributed by atoms with E-state index in [4.69, 9.17) is 5.11 Å². The second-order valence-electron chi connectivity index (χ2n) is 4.81. The van der Waals surface area contributed by atoms with E-state index in [0.29, 0.717) is 11.3 Å². The molecule has 1 aromatic heterocycles. The Labute approximate surface area is 117 Å². The molecule has 19 heavy (non-hydrogen) atoms. The molecule has 1 heterocycles. The number of hydrogen-bond donors (Lipinski definition) is 2. The van der Waals surface area contributed by atoms with Gasteiger partial charge in [0, 0.05) is 6.04 Å². The first-order valence-electron chi connectivity index (χ1n) is 6.35. The first-order chi connectivity index (χ1) is 8.91. The SMILES string of the molecule is Cc1ncsc1C(=O)NC(C)CCCC(C)C(=O)O. The van der Waals surface area contributed by atoms with Gasteiger partial charge in [0.15, 0.2) is 0 Å². The zero-order valence-electron chi connectivity index (χ0n) is 11.5. The third kappa shape index (κ3) is 4.98. The number of carboxylic acids is 1. The fraction of sp³-hybridized carbons (Fsp3) is 0.615. The average Bonchev–Trinajstić information content (AvgIpc) is 2.75. The number of rotatable bonds is 7. The van der Waals surface area contributed by atoms with E-state index in [1.54, 1.807) is 12.4 Å². The molecule has 0 aliphatic heterocycles. The van der Waals surface area contributed by atoms with Crippen LogP contribution in [0.5, 0.6) is 0 Å². The van der Waals surface area contributed by atoms with Crippen LogP contribution in [0.15, 0.2) is 5.51 Å². The maximum Gasteiger partial charge on any atom is 0.306 e. The molecule has 0 radical (unpaired) electrons. The molecule has 1 amide bonds.